The molecule has 3 aliphatic heterocycles. The van der Waals surface area contributed by atoms with E-state index in [0.29, 0.717) is 24.6 Å². The molecule has 0 spiro atoms. The van der Waals surface area contributed by atoms with E-state index in [4.69, 9.17) is 0 Å². The summed E-state index contributed by atoms with van der Waals surface area (Å²) in [6.45, 7) is 6.29. The van der Waals surface area contributed by atoms with Gasteiger partial charge < -0.3 is 15.1 Å². The van der Waals surface area contributed by atoms with Gasteiger partial charge >= 0.3 is 6.03 Å². The first-order valence-electron chi connectivity index (χ1n) is 10.7. The standard InChI is InChI=1S/C21H29F2N5O2/c22-17-11-16(14-28-6-3-19(29)25-21(28)30)12-18(23)20(17)27-9-7-26(8-10-27)13-15-1-4-24-5-2-15/h11-12,15,24H,1-10,13-14H2,(H,25,29,30). The first kappa shape index (κ1) is 21.0. The first-order valence-corrected chi connectivity index (χ1v) is 10.7. The molecule has 4 rings (SSSR count). The van der Waals surface area contributed by atoms with Gasteiger partial charge in [0.05, 0.1) is 0 Å². The molecule has 1 aromatic rings. The molecule has 30 heavy (non-hydrogen) atoms. The van der Waals surface area contributed by atoms with Crippen molar-refractivity contribution < 1.29 is 18.4 Å². The number of hydrogen-bond donors (Lipinski definition) is 2. The lowest BCUT2D eigenvalue weighted by Gasteiger charge is -2.38. The van der Waals surface area contributed by atoms with Gasteiger partial charge in [0.2, 0.25) is 5.91 Å². The lowest BCUT2D eigenvalue weighted by Crippen LogP contribution is -2.49. The van der Waals surface area contributed by atoms with Crippen LogP contribution in [0.25, 0.3) is 0 Å². The quantitative estimate of drug-likeness (QED) is 0.755. The molecule has 3 heterocycles. The third-order valence-electron chi connectivity index (χ3n) is 6.26. The maximum absolute atomic E-state index is 14.8. The van der Waals surface area contributed by atoms with Crippen LogP contribution < -0.4 is 15.5 Å². The zero-order valence-electron chi connectivity index (χ0n) is 17.1. The van der Waals surface area contributed by atoms with E-state index in [0.717, 1.165) is 32.7 Å². The SMILES string of the molecule is O=C1CCN(Cc2cc(F)c(N3CCN(CC4CCNCC4)CC3)c(F)c2)C(=O)N1. The highest BCUT2D eigenvalue weighted by Gasteiger charge is 2.27. The monoisotopic (exact) mass is 421 g/mol. The van der Waals surface area contributed by atoms with Crippen LogP contribution in [0.4, 0.5) is 19.3 Å². The van der Waals surface area contributed by atoms with Crippen molar-refractivity contribution in [1.29, 1.82) is 0 Å². The molecule has 0 atom stereocenters. The fourth-order valence-electron chi connectivity index (χ4n) is 4.56. The van der Waals surface area contributed by atoms with E-state index in [1.165, 1.54) is 29.9 Å². The number of piperazine rings is 1. The van der Waals surface area contributed by atoms with Crippen LogP contribution in [0.2, 0.25) is 0 Å². The van der Waals surface area contributed by atoms with E-state index >= 15 is 0 Å². The second-order valence-electron chi connectivity index (χ2n) is 8.41. The van der Waals surface area contributed by atoms with E-state index in [1.54, 1.807) is 4.90 Å². The molecule has 0 saturated carbocycles. The van der Waals surface area contributed by atoms with E-state index in [1.807, 2.05) is 0 Å². The molecule has 3 aliphatic rings. The van der Waals surface area contributed by atoms with Crippen LogP contribution in [0.3, 0.4) is 0 Å². The van der Waals surface area contributed by atoms with Crippen LogP contribution in [0, 0.1) is 17.6 Å². The van der Waals surface area contributed by atoms with Crippen molar-refractivity contribution in [2.45, 2.75) is 25.8 Å². The molecule has 3 fully saturated rings. The number of urea groups is 1. The lowest BCUT2D eigenvalue weighted by molar-refractivity contribution is -0.121. The number of nitrogens with one attached hydrogen (secondary N) is 2. The third-order valence-corrected chi connectivity index (χ3v) is 6.26. The van der Waals surface area contributed by atoms with Crippen molar-refractivity contribution >= 4 is 17.6 Å². The Bertz CT molecular complexity index is 769. The molecule has 164 valence electrons. The maximum Gasteiger partial charge on any atom is 0.324 e. The topological polar surface area (TPSA) is 67.9 Å². The summed E-state index contributed by atoms with van der Waals surface area (Å²) in [6, 6.07) is 2.06. The average molecular weight is 421 g/mol. The maximum atomic E-state index is 14.8. The van der Waals surface area contributed by atoms with Crippen LogP contribution >= 0.6 is 0 Å². The summed E-state index contributed by atoms with van der Waals surface area (Å²) in [4.78, 5) is 28.7. The Morgan fingerprint density at radius 1 is 0.967 bits per heavy atom. The smallest absolute Gasteiger partial charge is 0.324 e. The average Bonchev–Trinajstić information content (AvgIpc) is 2.72. The van der Waals surface area contributed by atoms with Gasteiger partial charge in [-0.2, -0.15) is 0 Å². The predicted octanol–water partition coefficient (Wildman–Crippen LogP) is 1.53. The van der Waals surface area contributed by atoms with Gasteiger partial charge in [-0.25, -0.2) is 13.6 Å². The van der Waals surface area contributed by atoms with Gasteiger partial charge in [-0.15, -0.1) is 0 Å². The number of carbonyl (C=O) groups excluding carboxylic acids is 2. The summed E-state index contributed by atoms with van der Waals surface area (Å²) >= 11 is 0. The van der Waals surface area contributed by atoms with Gasteiger partial charge in [-0.3, -0.25) is 15.0 Å². The van der Waals surface area contributed by atoms with Crippen LogP contribution in [0.5, 0.6) is 0 Å². The molecule has 0 aromatic heterocycles. The van der Waals surface area contributed by atoms with Crippen molar-refractivity contribution in [3.05, 3.63) is 29.3 Å². The van der Waals surface area contributed by atoms with Crippen molar-refractivity contribution in [1.82, 2.24) is 20.4 Å². The van der Waals surface area contributed by atoms with Crippen LogP contribution in [0.15, 0.2) is 12.1 Å². The van der Waals surface area contributed by atoms with Gasteiger partial charge in [0.15, 0.2) is 0 Å². The molecule has 0 bridgehead atoms. The number of imide groups is 1. The molecule has 0 aliphatic carbocycles. The second kappa shape index (κ2) is 9.26. The molecule has 1 aromatic carbocycles. The summed E-state index contributed by atoms with van der Waals surface area (Å²) in [5.41, 5.74) is 0.390. The third kappa shape index (κ3) is 4.89. The summed E-state index contributed by atoms with van der Waals surface area (Å²) < 4.78 is 29.6. The van der Waals surface area contributed by atoms with Crippen molar-refractivity contribution in [3.8, 4) is 0 Å². The summed E-state index contributed by atoms with van der Waals surface area (Å²) in [5, 5.41) is 5.60. The lowest BCUT2D eigenvalue weighted by atomic mass is 9.97. The number of amides is 3. The van der Waals surface area contributed by atoms with Gasteiger partial charge in [0, 0.05) is 52.2 Å². The minimum absolute atomic E-state index is 0.0125. The molecule has 2 N–H and O–H groups in total. The van der Waals surface area contributed by atoms with Crippen LogP contribution in [-0.4, -0.2) is 74.1 Å². The van der Waals surface area contributed by atoms with Crippen molar-refractivity contribution in [2.24, 2.45) is 5.92 Å². The fourth-order valence-corrected chi connectivity index (χ4v) is 4.56. The van der Waals surface area contributed by atoms with Crippen molar-refractivity contribution in [3.63, 3.8) is 0 Å². The number of halogens is 2. The Kier molecular flexibility index (Phi) is 6.48. The Balaban J connectivity index is 1.35. The number of carbonyl (C=O) groups is 2. The minimum atomic E-state index is -0.606. The first-order chi connectivity index (χ1) is 14.5. The van der Waals surface area contributed by atoms with E-state index in [9.17, 15) is 18.4 Å². The molecule has 3 saturated heterocycles. The Morgan fingerprint density at radius 3 is 2.27 bits per heavy atom. The minimum Gasteiger partial charge on any atom is -0.364 e. The zero-order chi connectivity index (χ0) is 21.1. The number of hydrogen-bond acceptors (Lipinski definition) is 5. The number of rotatable bonds is 5. The van der Waals surface area contributed by atoms with Gasteiger partial charge in [0.1, 0.15) is 17.3 Å². The number of piperidine rings is 1. The Morgan fingerprint density at radius 2 is 1.63 bits per heavy atom. The highest BCUT2D eigenvalue weighted by atomic mass is 19.1. The van der Waals surface area contributed by atoms with Crippen LogP contribution in [0.1, 0.15) is 24.8 Å². The normalized spacial score (nSPS) is 21.8. The molecular formula is C21H29F2N5O2. The molecular weight excluding hydrogens is 392 g/mol. The number of benzene rings is 1. The molecule has 0 radical (unpaired) electrons. The van der Waals surface area contributed by atoms with Gasteiger partial charge in [-0.05, 0) is 49.5 Å². The molecule has 9 heteroatoms. The second-order valence-corrected chi connectivity index (χ2v) is 8.41. The van der Waals surface area contributed by atoms with E-state index < -0.39 is 17.7 Å². The van der Waals surface area contributed by atoms with Crippen LogP contribution in [-0.2, 0) is 11.3 Å². The molecule has 7 nitrogen and oxygen atoms in total. The fraction of sp³-hybridized carbons (Fsp3) is 0.619. The largest absolute Gasteiger partial charge is 0.364 e. The number of nitrogens with zero attached hydrogens (tertiary/aromatic N) is 3. The van der Waals surface area contributed by atoms with E-state index in [2.05, 4.69) is 15.5 Å². The Labute approximate surface area is 175 Å². The summed E-state index contributed by atoms with van der Waals surface area (Å²) in [5.74, 6) is -0.841. The predicted molar refractivity (Wildman–Crippen MR) is 109 cm³/mol. The summed E-state index contributed by atoms with van der Waals surface area (Å²) in [6.07, 6.45) is 2.57. The van der Waals surface area contributed by atoms with E-state index in [-0.39, 0.29) is 31.1 Å². The van der Waals surface area contributed by atoms with Crippen molar-refractivity contribution in [2.75, 3.05) is 57.3 Å². The zero-order valence-corrected chi connectivity index (χ0v) is 17.1. The molecule has 0 unspecified atom stereocenters. The van der Waals surface area contributed by atoms with Gasteiger partial charge in [0.25, 0.3) is 0 Å². The summed E-state index contributed by atoms with van der Waals surface area (Å²) in [7, 11) is 0. The number of anilines is 1. The highest BCUT2D eigenvalue weighted by Crippen LogP contribution is 2.27. The molecule has 3 amide bonds. The van der Waals surface area contributed by atoms with Gasteiger partial charge in [-0.1, -0.05) is 0 Å². The Hall–Kier alpha value is -2.26. The highest BCUT2D eigenvalue weighted by molar-refractivity contribution is 5.96.